The Balaban J connectivity index is 2.01. The molecule has 1 N–H and O–H groups in total. The van der Waals surface area contributed by atoms with E-state index in [0.717, 1.165) is 17.3 Å². The van der Waals surface area contributed by atoms with Gasteiger partial charge in [-0.1, -0.05) is 13.8 Å². The van der Waals surface area contributed by atoms with E-state index < -0.39 is 17.7 Å². The maximum atomic E-state index is 14.5. The number of pyridine rings is 1. The van der Waals surface area contributed by atoms with E-state index in [1.54, 1.807) is 4.57 Å². The molecule has 4 rings (SSSR count). The van der Waals surface area contributed by atoms with Crippen molar-refractivity contribution < 1.29 is 17.6 Å². The number of benzene rings is 1. The van der Waals surface area contributed by atoms with E-state index in [1.807, 2.05) is 26.0 Å². The van der Waals surface area contributed by atoms with Crippen LogP contribution in [-0.2, 0) is 12.6 Å². The first-order valence-corrected chi connectivity index (χ1v) is 8.42. The molecule has 2 aromatic heterocycles. The van der Waals surface area contributed by atoms with Crippen LogP contribution >= 0.6 is 0 Å². The molecular weight excluding hydrogens is 346 g/mol. The van der Waals surface area contributed by atoms with Crippen molar-refractivity contribution in [3.05, 3.63) is 53.1 Å². The Morgan fingerprint density at radius 3 is 2.62 bits per heavy atom. The van der Waals surface area contributed by atoms with Gasteiger partial charge in [-0.05, 0) is 42.2 Å². The second-order valence-electron chi connectivity index (χ2n) is 6.80. The summed E-state index contributed by atoms with van der Waals surface area (Å²) < 4.78 is 55.5. The Hall–Kier alpha value is -2.57. The van der Waals surface area contributed by atoms with Gasteiger partial charge in [0, 0.05) is 23.7 Å². The Labute approximate surface area is 147 Å². The molecule has 3 nitrogen and oxygen atoms in total. The normalized spacial score (nSPS) is 14.1. The summed E-state index contributed by atoms with van der Waals surface area (Å²) in [4.78, 5) is 3.85. The van der Waals surface area contributed by atoms with Gasteiger partial charge in [0.15, 0.2) is 0 Å². The topological polar surface area (TPSA) is 29.9 Å². The Kier molecular flexibility index (Phi) is 3.71. The van der Waals surface area contributed by atoms with Gasteiger partial charge in [-0.2, -0.15) is 13.2 Å². The molecule has 3 heterocycles. The van der Waals surface area contributed by atoms with Gasteiger partial charge in [-0.25, -0.2) is 9.37 Å². The lowest BCUT2D eigenvalue weighted by Crippen LogP contribution is -2.09. The third-order valence-corrected chi connectivity index (χ3v) is 4.67. The Morgan fingerprint density at radius 2 is 1.92 bits per heavy atom. The predicted octanol–water partition coefficient (Wildman–Crippen LogP) is 5.27. The number of rotatable bonds is 2. The van der Waals surface area contributed by atoms with Crippen LogP contribution in [-0.4, -0.2) is 16.1 Å². The zero-order valence-electron chi connectivity index (χ0n) is 14.3. The average Bonchev–Trinajstić information content (AvgIpc) is 3.17. The second-order valence-corrected chi connectivity index (χ2v) is 6.80. The molecule has 0 fully saturated rings. The molecule has 1 aliphatic heterocycles. The highest BCUT2D eigenvalue weighted by Crippen LogP contribution is 2.35. The van der Waals surface area contributed by atoms with Gasteiger partial charge in [0.1, 0.15) is 17.2 Å². The maximum Gasteiger partial charge on any atom is 0.433 e. The van der Waals surface area contributed by atoms with E-state index in [4.69, 9.17) is 0 Å². The van der Waals surface area contributed by atoms with Crippen molar-refractivity contribution in [2.24, 2.45) is 0 Å². The molecule has 0 atom stereocenters. The van der Waals surface area contributed by atoms with Crippen LogP contribution in [0.25, 0.3) is 16.7 Å². The van der Waals surface area contributed by atoms with E-state index >= 15 is 0 Å². The Bertz CT molecular complexity index is 1000. The fraction of sp³-hybridized carbons (Fsp3) is 0.316. The molecule has 136 valence electrons. The van der Waals surface area contributed by atoms with Crippen LogP contribution in [0, 0.1) is 5.82 Å². The minimum Gasteiger partial charge on any atom is -0.382 e. The molecule has 0 aliphatic carbocycles. The Morgan fingerprint density at radius 1 is 1.15 bits per heavy atom. The third kappa shape index (κ3) is 2.62. The van der Waals surface area contributed by atoms with Crippen molar-refractivity contribution in [1.29, 1.82) is 0 Å². The molecule has 0 spiro atoms. The SMILES string of the molecule is CC(C)c1cc2ccc(C(F)(F)F)nc2n1-c1cc(F)c2c(c1)CCN2. The summed E-state index contributed by atoms with van der Waals surface area (Å²) in [6, 6.07) is 7.38. The monoisotopic (exact) mass is 363 g/mol. The summed E-state index contributed by atoms with van der Waals surface area (Å²) in [7, 11) is 0. The number of nitrogens with one attached hydrogen (secondary N) is 1. The molecule has 7 heteroatoms. The number of hydrogen-bond donors (Lipinski definition) is 1. The number of aromatic nitrogens is 2. The molecule has 1 aromatic carbocycles. The standard InChI is InChI=1S/C19H17F4N3/c1-10(2)15-8-12-3-4-16(19(21,22)23)25-18(12)26(15)13-7-11-5-6-24-17(11)14(20)9-13/h3-4,7-10,24H,5-6H2,1-2H3. The summed E-state index contributed by atoms with van der Waals surface area (Å²) in [6.45, 7) is 4.54. The highest BCUT2D eigenvalue weighted by Gasteiger charge is 2.33. The first-order valence-electron chi connectivity index (χ1n) is 8.42. The molecule has 0 unspecified atom stereocenters. The summed E-state index contributed by atoms with van der Waals surface area (Å²) in [6.07, 6.45) is -3.86. The highest BCUT2D eigenvalue weighted by molar-refractivity contribution is 5.80. The molecule has 0 bridgehead atoms. The van der Waals surface area contributed by atoms with Crippen LogP contribution in [0.2, 0.25) is 0 Å². The summed E-state index contributed by atoms with van der Waals surface area (Å²) in [5.74, 6) is -0.369. The van der Waals surface area contributed by atoms with Crippen molar-refractivity contribution in [3.63, 3.8) is 0 Å². The number of hydrogen-bond acceptors (Lipinski definition) is 2. The molecule has 26 heavy (non-hydrogen) atoms. The number of alkyl halides is 3. The zero-order valence-corrected chi connectivity index (χ0v) is 14.3. The van der Waals surface area contributed by atoms with Gasteiger partial charge in [0.05, 0.1) is 11.4 Å². The first-order chi connectivity index (χ1) is 12.3. The van der Waals surface area contributed by atoms with Gasteiger partial charge in [0.25, 0.3) is 0 Å². The van der Waals surface area contributed by atoms with Gasteiger partial charge < -0.3 is 5.32 Å². The average molecular weight is 363 g/mol. The van der Waals surface area contributed by atoms with E-state index in [2.05, 4.69) is 10.3 Å². The lowest BCUT2D eigenvalue weighted by Gasteiger charge is -2.15. The highest BCUT2D eigenvalue weighted by atomic mass is 19.4. The summed E-state index contributed by atoms with van der Waals surface area (Å²) in [5, 5.41) is 3.59. The van der Waals surface area contributed by atoms with Crippen LogP contribution < -0.4 is 5.32 Å². The van der Waals surface area contributed by atoms with Crippen molar-refractivity contribution in [3.8, 4) is 5.69 Å². The van der Waals surface area contributed by atoms with Gasteiger partial charge in [-0.15, -0.1) is 0 Å². The lowest BCUT2D eigenvalue weighted by atomic mass is 10.1. The lowest BCUT2D eigenvalue weighted by molar-refractivity contribution is -0.141. The van der Waals surface area contributed by atoms with E-state index in [1.165, 1.54) is 12.1 Å². The van der Waals surface area contributed by atoms with Crippen LogP contribution in [0.15, 0.2) is 30.3 Å². The van der Waals surface area contributed by atoms with Crippen molar-refractivity contribution in [2.45, 2.75) is 32.4 Å². The summed E-state index contributed by atoms with van der Waals surface area (Å²) in [5.41, 5.74) is 1.81. The van der Waals surface area contributed by atoms with Gasteiger partial charge in [-0.3, -0.25) is 4.57 Å². The second kappa shape index (κ2) is 5.72. The van der Waals surface area contributed by atoms with Crippen LogP contribution in [0.4, 0.5) is 23.2 Å². The smallest absolute Gasteiger partial charge is 0.382 e. The van der Waals surface area contributed by atoms with E-state index in [9.17, 15) is 17.6 Å². The largest absolute Gasteiger partial charge is 0.433 e. The van der Waals surface area contributed by atoms with Crippen LogP contribution in [0.5, 0.6) is 0 Å². The third-order valence-electron chi connectivity index (χ3n) is 4.67. The van der Waals surface area contributed by atoms with Crippen molar-refractivity contribution >= 4 is 16.7 Å². The molecule has 0 radical (unpaired) electrons. The fourth-order valence-electron chi connectivity index (χ4n) is 3.45. The van der Waals surface area contributed by atoms with Crippen LogP contribution in [0.1, 0.15) is 36.7 Å². The molecule has 0 saturated carbocycles. The van der Waals surface area contributed by atoms with Crippen molar-refractivity contribution in [1.82, 2.24) is 9.55 Å². The van der Waals surface area contributed by atoms with Gasteiger partial charge >= 0.3 is 6.18 Å². The maximum absolute atomic E-state index is 14.5. The minimum atomic E-state index is -4.53. The van der Waals surface area contributed by atoms with Crippen LogP contribution in [0.3, 0.4) is 0 Å². The number of nitrogens with zero attached hydrogens (tertiary/aromatic N) is 2. The predicted molar refractivity (Wildman–Crippen MR) is 92.3 cm³/mol. The zero-order chi connectivity index (χ0) is 18.6. The number of anilines is 1. The number of fused-ring (bicyclic) bond motifs is 2. The molecule has 3 aromatic rings. The quantitative estimate of drug-likeness (QED) is 0.628. The molecule has 0 saturated heterocycles. The van der Waals surface area contributed by atoms with E-state index in [0.29, 0.717) is 29.7 Å². The minimum absolute atomic E-state index is 0.0352. The summed E-state index contributed by atoms with van der Waals surface area (Å²) >= 11 is 0. The molecule has 0 amide bonds. The fourth-order valence-corrected chi connectivity index (χ4v) is 3.45. The van der Waals surface area contributed by atoms with E-state index in [-0.39, 0.29) is 11.6 Å². The number of halogens is 4. The van der Waals surface area contributed by atoms with Gasteiger partial charge in [0.2, 0.25) is 0 Å². The first kappa shape index (κ1) is 16.9. The molecular formula is C19H17F4N3. The van der Waals surface area contributed by atoms with Crippen molar-refractivity contribution in [2.75, 3.05) is 11.9 Å². The molecule has 1 aliphatic rings.